The number of hydrogen-bond acceptors (Lipinski definition) is 5. The molecule has 1 amide bonds. The van der Waals surface area contributed by atoms with E-state index in [1.165, 1.54) is 11.8 Å². The van der Waals surface area contributed by atoms with E-state index in [1.807, 2.05) is 30.3 Å². The molecule has 0 aliphatic rings. The van der Waals surface area contributed by atoms with E-state index in [0.29, 0.717) is 10.9 Å². The van der Waals surface area contributed by atoms with Crippen LogP contribution in [0.2, 0.25) is 0 Å². The summed E-state index contributed by atoms with van der Waals surface area (Å²) in [5.41, 5.74) is 0.862. The second kappa shape index (κ2) is 7.86. The number of nitrogens with zero attached hydrogens (tertiary/aromatic N) is 3. The first-order chi connectivity index (χ1) is 10.9. The molecule has 0 atom stereocenters. The van der Waals surface area contributed by atoms with Crippen molar-refractivity contribution < 1.29 is 22.7 Å². The molecule has 0 saturated heterocycles. The van der Waals surface area contributed by atoms with Gasteiger partial charge >= 0.3 is 12.3 Å². The second-order valence-corrected chi connectivity index (χ2v) is 5.34. The molecule has 0 aliphatic heterocycles. The maximum absolute atomic E-state index is 11.8. The van der Waals surface area contributed by atoms with Gasteiger partial charge in [0.15, 0.2) is 6.61 Å². The third-order valence-corrected chi connectivity index (χ3v) is 3.31. The zero-order valence-electron chi connectivity index (χ0n) is 11.8. The number of alkyl halides is 3. The van der Waals surface area contributed by atoms with Crippen LogP contribution in [0.3, 0.4) is 0 Å². The monoisotopic (exact) mass is 346 g/mol. The molecule has 0 aliphatic carbocycles. The zero-order chi connectivity index (χ0) is 16.7. The maximum atomic E-state index is 11.8. The first-order valence-electron chi connectivity index (χ1n) is 6.51. The molecule has 1 aromatic carbocycles. The normalized spacial score (nSPS) is 11.3. The van der Waals surface area contributed by atoms with E-state index < -0.39 is 18.9 Å². The van der Waals surface area contributed by atoms with E-state index in [1.54, 1.807) is 11.0 Å². The fourth-order valence-electron chi connectivity index (χ4n) is 1.51. The lowest BCUT2D eigenvalue weighted by atomic mass is 10.3. The van der Waals surface area contributed by atoms with Gasteiger partial charge in [-0.1, -0.05) is 30.0 Å². The average Bonchev–Trinajstić information content (AvgIpc) is 2.99. The first kappa shape index (κ1) is 17.1. The van der Waals surface area contributed by atoms with Crippen molar-refractivity contribution in [1.82, 2.24) is 20.1 Å². The number of para-hydroxylation sites is 1. The summed E-state index contributed by atoms with van der Waals surface area (Å²) in [6.07, 6.45) is -4.08. The Morgan fingerprint density at radius 2 is 2.04 bits per heavy atom. The molecule has 10 heteroatoms. The summed E-state index contributed by atoms with van der Waals surface area (Å²) in [6.45, 7) is -1.46. The molecule has 0 radical (unpaired) electrons. The predicted octanol–water partition coefficient (Wildman–Crippen LogP) is 2.65. The van der Waals surface area contributed by atoms with Crippen LogP contribution < -0.4 is 5.32 Å². The van der Waals surface area contributed by atoms with Crippen LogP contribution in [-0.4, -0.2) is 45.9 Å². The van der Waals surface area contributed by atoms with Crippen LogP contribution in [0.15, 0.2) is 41.8 Å². The lowest BCUT2D eigenvalue weighted by molar-refractivity contribution is -0.160. The Morgan fingerprint density at radius 3 is 2.74 bits per heavy atom. The Bertz CT molecular complexity index is 634. The molecule has 2 aromatic rings. The van der Waals surface area contributed by atoms with Gasteiger partial charge in [0.2, 0.25) is 5.16 Å². The highest BCUT2D eigenvalue weighted by molar-refractivity contribution is 7.99. The number of alkyl carbamates (subject to hydrolysis) is 1. The third-order valence-electron chi connectivity index (χ3n) is 2.46. The molecular formula is C13H13F3N4O2S. The van der Waals surface area contributed by atoms with Crippen LogP contribution in [0.5, 0.6) is 0 Å². The lowest BCUT2D eigenvalue weighted by Gasteiger charge is -2.08. The van der Waals surface area contributed by atoms with Crippen molar-refractivity contribution in [3.8, 4) is 5.69 Å². The largest absolute Gasteiger partial charge is 0.440 e. The molecule has 0 unspecified atom stereocenters. The third kappa shape index (κ3) is 6.19. The Morgan fingerprint density at radius 1 is 1.30 bits per heavy atom. The van der Waals surface area contributed by atoms with E-state index in [0.717, 1.165) is 5.69 Å². The highest BCUT2D eigenvalue weighted by Crippen LogP contribution is 2.15. The SMILES string of the molecule is O=C(NCCSc1ncn(-c2ccccc2)n1)OCC(F)(F)F. The van der Waals surface area contributed by atoms with E-state index in [2.05, 4.69) is 20.1 Å². The summed E-state index contributed by atoms with van der Waals surface area (Å²) >= 11 is 1.27. The summed E-state index contributed by atoms with van der Waals surface area (Å²) in [5, 5.41) is 6.96. The minimum atomic E-state index is -4.53. The van der Waals surface area contributed by atoms with E-state index in [9.17, 15) is 18.0 Å². The van der Waals surface area contributed by atoms with Crippen molar-refractivity contribution in [2.45, 2.75) is 11.3 Å². The van der Waals surface area contributed by atoms with Crippen molar-refractivity contribution in [2.75, 3.05) is 18.9 Å². The lowest BCUT2D eigenvalue weighted by Crippen LogP contribution is -2.30. The van der Waals surface area contributed by atoms with Crippen LogP contribution in [0, 0.1) is 0 Å². The molecule has 0 spiro atoms. The van der Waals surface area contributed by atoms with Gasteiger partial charge in [0, 0.05) is 12.3 Å². The Labute approximate surface area is 134 Å². The maximum Gasteiger partial charge on any atom is 0.422 e. The van der Waals surface area contributed by atoms with Gasteiger partial charge in [-0.2, -0.15) is 13.2 Å². The standard InChI is InChI=1S/C13H13F3N4O2S/c14-13(15,16)8-22-12(21)17-6-7-23-11-18-9-20(19-11)10-4-2-1-3-5-10/h1-5,9H,6-8H2,(H,17,21). The van der Waals surface area contributed by atoms with E-state index >= 15 is 0 Å². The number of carbonyl (C=O) groups excluding carboxylic acids is 1. The zero-order valence-corrected chi connectivity index (χ0v) is 12.6. The smallest absolute Gasteiger partial charge is 0.422 e. The van der Waals surface area contributed by atoms with Gasteiger partial charge in [-0.3, -0.25) is 0 Å². The quantitative estimate of drug-likeness (QED) is 0.643. The number of rotatable bonds is 6. The van der Waals surface area contributed by atoms with Crippen LogP contribution in [0.4, 0.5) is 18.0 Å². The van der Waals surface area contributed by atoms with Crippen molar-refractivity contribution >= 4 is 17.9 Å². The van der Waals surface area contributed by atoms with Crippen LogP contribution >= 0.6 is 11.8 Å². The Kier molecular flexibility index (Phi) is 5.85. The molecule has 1 heterocycles. The number of nitrogens with one attached hydrogen (secondary N) is 1. The van der Waals surface area contributed by atoms with E-state index in [-0.39, 0.29) is 6.54 Å². The van der Waals surface area contributed by atoms with Crippen molar-refractivity contribution in [1.29, 1.82) is 0 Å². The molecule has 23 heavy (non-hydrogen) atoms. The van der Waals surface area contributed by atoms with Gasteiger partial charge in [-0.15, -0.1) is 5.10 Å². The van der Waals surface area contributed by atoms with Gasteiger partial charge in [0.1, 0.15) is 6.33 Å². The molecule has 0 fully saturated rings. The number of carbonyl (C=O) groups is 1. The summed E-state index contributed by atoms with van der Waals surface area (Å²) < 4.78 is 41.1. The molecule has 2 rings (SSSR count). The minimum Gasteiger partial charge on any atom is -0.440 e. The van der Waals surface area contributed by atoms with Crippen molar-refractivity contribution in [3.05, 3.63) is 36.7 Å². The summed E-state index contributed by atoms with van der Waals surface area (Å²) in [7, 11) is 0. The van der Waals surface area contributed by atoms with Crippen LogP contribution in [0.1, 0.15) is 0 Å². The van der Waals surface area contributed by atoms with Gasteiger partial charge in [-0.25, -0.2) is 14.5 Å². The Hall–Kier alpha value is -2.23. The van der Waals surface area contributed by atoms with Gasteiger partial charge in [0.05, 0.1) is 5.69 Å². The number of hydrogen-bond donors (Lipinski definition) is 1. The Balaban J connectivity index is 1.69. The highest BCUT2D eigenvalue weighted by atomic mass is 32.2. The highest BCUT2D eigenvalue weighted by Gasteiger charge is 2.29. The van der Waals surface area contributed by atoms with Crippen molar-refractivity contribution in [2.24, 2.45) is 0 Å². The molecule has 1 aromatic heterocycles. The summed E-state index contributed by atoms with van der Waals surface area (Å²) in [6, 6.07) is 9.39. The topological polar surface area (TPSA) is 69.0 Å². The molecule has 0 saturated carbocycles. The molecule has 1 N–H and O–H groups in total. The fourth-order valence-corrected chi connectivity index (χ4v) is 2.17. The van der Waals surface area contributed by atoms with Gasteiger partial charge in [0.25, 0.3) is 0 Å². The molecule has 0 bridgehead atoms. The fraction of sp³-hybridized carbons (Fsp3) is 0.308. The predicted molar refractivity (Wildman–Crippen MR) is 77.5 cm³/mol. The summed E-state index contributed by atoms with van der Waals surface area (Å²) in [5.74, 6) is 0.403. The minimum absolute atomic E-state index is 0.140. The van der Waals surface area contributed by atoms with Crippen molar-refractivity contribution in [3.63, 3.8) is 0 Å². The number of halogens is 3. The van der Waals surface area contributed by atoms with Crippen LogP contribution in [0.25, 0.3) is 5.69 Å². The number of ether oxygens (including phenoxy) is 1. The molecule has 6 nitrogen and oxygen atoms in total. The average molecular weight is 346 g/mol. The molecular weight excluding hydrogens is 333 g/mol. The van der Waals surface area contributed by atoms with Crippen LogP contribution in [-0.2, 0) is 4.74 Å². The van der Waals surface area contributed by atoms with E-state index in [4.69, 9.17) is 0 Å². The second-order valence-electron chi connectivity index (χ2n) is 4.27. The number of thioether (sulfide) groups is 1. The first-order valence-corrected chi connectivity index (χ1v) is 7.50. The number of benzene rings is 1. The van der Waals surface area contributed by atoms with Gasteiger partial charge < -0.3 is 10.1 Å². The summed E-state index contributed by atoms with van der Waals surface area (Å²) in [4.78, 5) is 15.1. The molecule has 124 valence electrons. The number of amides is 1. The van der Waals surface area contributed by atoms with Gasteiger partial charge in [-0.05, 0) is 12.1 Å². The number of aromatic nitrogens is 3.